The maximum absolute atomic E-state index is 12.6. The van der Waals surface area contributed by atoms with Gasteiger partial charge in [0, 0.05) is 17.9 Å². The Labute approximate surface area is 139 Å². The molecule has 5 nitrogen and oxygen atoms in total. The van der Waals surface area contributed by atoms with Gasteiger partial charge in [-0.1, -0.05) is 35.9 Å². The number of anilines is 2. The van der Waals surface area contributed by atoms with Gasteiger partial charge in [-0.2, -0.15) is 0 Å². The van der Waals surface area contributed by atoms with Crippen molar-refractivity contribution in [1.29, 1.82) is 0 Å². The summed E-state index contributed by atoms with van der Waals surface area (Å²) < 4.78 is 0. The van der Waals surface area contributed by atoms with E-state index in [-0.39, 0.29) is 16.5 Å². The molecule has 1 unspecified atom stereocenters. The van der Waals surface area contributed by atoms with E-state index in [1.54, 1.807) is 23.1 Å². The molecule has 23 heavy (non-hydrogen) atoms. The van der Waals surface area contributed by atoms with Crippen LogP contribution in [0.4, 0.5) is 11.4 Å². The van der Waals surface area contributed by atoms with Gasteiger partial charge >= 0.3 is 0 Å². The van der Waals surface area contributed by atoms with E-state index in [1.165, 1.54) is 0 Å². The molecular formula is C17H16ClN3O2. The Morgan fingerprint density at radius 1 is 1.17 bits per heavy atom. The molecule has 1 atom stereocenters. The van der Waals surface area contributed by atoms with Crippen molar-refractivity contribution in [2.24, 2.45) is 5.73 Å². The number of nitrogens with zero attached hydrogens (tertiary/aromatic N) is 1. The second kappa shape index (κ2) is 6.30. The summed E-state index contributed by atoms with van der Waals surface area (Å²) in [7, 11) is 0. The second-order valence-electron chi connectivity index (χ2n) is 5.34. The SMILES string of the molecule is NC(=O)c1c(Cl)cccc1NC1CCN(c2ccccc2)C1=O. The lowest BCUT2D eigenvalue weighted by Gasteiger charge is -2.18. The molecule has 0 aliphatic carbocycles. The monoisotopic (exact) mass is 329 g/mol. The van der Waals surface area contributed by atoms with Crippen LogP contribution in [0.25, 0.3) is 0 Å². The van der Waals surface area contributed by atoms with Gasteiger partial charge in [-0.25, -0.2) is 0 Å². The minimum absolute atomic E-state index is 0.0356. The highest BCUT2D eigenvalue weighted by Crippen LogP contribution is 2.28. The van der Waals surface area contributed by atoms with E-state index >= 15 is 0 Å². The van der Waals surface area contributed by atoms with Gasteiger partial charge in [0.2, 0.25) is 5.91 Å². The van der Waals surface area contributed by atoms with E-state index in [4.69, 9.17) is 17.3 Å². The number of nitrogens with two attached hydrogens (primary N) is 1. The molecule has 118 valence electrons. The van der Waals surface area contributed by atoms with Crippen molar-refractivity contribution in [1.82, 2.24) is 0 Å². The first kappa shape index (κ1) is 15.4. The molecule has 0 saturated carbocycles. The van der Waals surface area contributed by atoms with Crippen molar-refractivity contribution < 1.29 is 9.59 Å². The van der Waals surface area contributed by atoms with Crippen molar-refractivity contribution in [2.75, 3.05) is 16.8 Å². The third-order valence-electron chi connectivity index (χ3n) is 3.86. The fourth-order valence-corrected chi connectivity index (χ4v) is 3.03. The number of amides is 2. The summed E-state index contributed by atoms with van der Waals surface area (Å²) in [5.74, 6) is -0.657. The fraction of sp³-hybridized carbons (Fsp3) is 0.176. The van der Waals surface area contributed by atoms with Crippen LogP contribution >= 0.6 is 11.6 Å². The molecule has 2 aromatic rings. The number of para-hydroxylation sites is 1. The molecule has 3 rings (SSSR count). The van der Waals surface area contributed by atoms with Crippen LogP contribution in [-0.4, -0.2) is 24.4 Å². The van der Waals surface area contributed by atoms with Crippen LogP contribution in [0.15, 0.2) is 48.5 Å². The number of halogens is 1. The number of rotatable bonds is 4. The lowest BCUT2D eigenvalue weighted by Crippen LogP contribution is -2.34. The Balaban J connectivity index is 1.82. The van der Waals surface area contributed by atoms with E-state index < -0.39 is 11.9 Å². The van der Waals surface area contributed by atoms with Crippen LogP contribution in [0.2, 0.25) is 5.02 Å². The number of hydrogen-bond acceptors (Lipinski definition) is 3. The van der Waals surface area contributed by atoms with Crippen LogP contribution in [0, 0.1) is 0 Å². The van der Waals surface area contributed by atoms with Crippen molar-refractivity contribution in [3.05, 3.63) is 59.1 Å². The molecule has 6 heteroatoms. The van der Waals surface area contributed by atoms with Crippen molar-refractivity contribution in [3.8, 4) is 0 Å². The number of carbonyl (C=O) groups excluding carboxylic acids is 2. The summed E-state index contributed by atoms with van der Waals surface area (Å²) in [6, 6.07) is 14.1. The Bertz CT molecular complexity index is 749. The highest BCUT2D eigenvalue weighted by molar-refractivity contribution is 6.34. The fourth-order valence-electron chi connectivity index (χ4n) is 2.76. The smallest absolute Gasteiger partial charge is 0.252 e. The van der Waals surface area contributed by atoms with Gasteiger partial charge in [0.05, 0.1) is 10.6 Å². The quantitative estimate of drug-likeness (QED) is 0.905. The van der Waals surface area contributed by atoms with Crippen LogP contribution in [0.5, 0.6) is 0 Å². The normalized spacial score (nSPS) is 17.3. The third kappa shape index (κ3) is 3.00. The molecule has 1 fully saturated rings. The number of carbonyl (C=O) groups is 2. The van der Waals surface area contributed by atoms with Gasteiger partial charge in [-0.15, -0.1) is 0 Å². The maximum atomic E-state index is 12.6. The van der Waals surface area contributed by atoms with Crippen molar-refractivity contribution in [3.63, 3.8) is 0 Å². The summed E-state index contributed by atoms with van der Waals surface area (Å²) in [5, 5.41) is 3.38. The molecule has 1 aliphatic rings. The number of hydrogen-bond donors (Lipinski definition) is 2. The van der Waals surface area contributed by atoms with Crippen LogP contribution in [-0.2, 0) is 4.79 Å². The zero-order valence-corrected chi connectivity index (χ0v) is 13.1. The highest BCUT2D eigenvalue weighted by atomic mass is 35.5. The maximum Gasteiger partial charge on any atom is 0.252 e. The van der Waals surface area contributed by atoms with Gasteiger partial charge in [0.15, 0.2) is 0 Å². The predicted octanol–water partition coefficient (Wildman–Crippen LogP) is 2.66. The van der Waals surface area contributed by atoms with Crippen molar-refractivity contribution >= 4 is 34.8 Å². The average Bonchev–Trinajstić information content (AvgIpc) is 2.89. The Hall–Kier alpha value is -2.53. The van der Waals surface area contributed by atoms with Crippen molar-refractivity contribution in [2.45, 2.75) is 12.5 Å². The summed E-state index contributed by atoms with van der Waals surface area (Å²) >= 11 is 6.03. The molecule has 0 aromatic heterocycles. The topological polar surface area (TPSA) is 75.4 Å². The van der Waals surface area contributed by atoms with Gasteiger partial charge < -0.3 is 16.0 Å². The lowest BCUT2D eigenvalue weighted by atomic mass is 10.1. The predicted molar refractivity (Wildman–Crippen MR) is 90.8 cm³/mol. The molecule has 1 aliphatic heterocycles. The first-order valence-corrected chi connectivity index (χ1v) is 7.67. The standard InChI is InChI=1S/C17H16ClN3O2/c18-12-7-4-8-13(15(12)16(19)22)20-14-9-10-21(17(14)23)11-5-2-1-3-6-11/h1-8,14,20H,9-10H2,(H2,19,22). The van der Waals surface area contributed by atoms with Gasteiger partial charge in [-0.05, 0) is 30.7 Å². The van der Waals surface area contributed by atoms with Gasteiger partial charge in [0.1, 0.15) is 6.04 Å². The van der Waals surface area contributed by atoms with E-state index in [0.29, 0.717) is 18.7 Å². The summed E-state index contributed by atoms with van der Waals surface area (Å²) in [5.41, 5.74) is 6.94. The average molecular weight is 330 g/mol. The Kier molecular flexibility index (Phi) is 4.21. The van der Waals surface area contributed by atoms with Crippen LogP contribution in [0.3, 0.4) is 0 Å². The Morgan fingerprint density at radius 3 is 2.61 bits per heavy atom. The number of primary amides is 1. The van der Waals surface area contributed by atoms with E-state index in [9.17, 15) is 9.59 Å². The minimum Gasteiger partial charge on any atom is -0.373 e. The Morgan fingerprint density at radius 2 is 1.91 bits per heavy atom. The van der Waals surface area contributed by atoms with Gasteiger partial charge in [-0.3, -0.25) is 9.59 Å². The molecular weight excluding hydrogens is 314 g/mol. The molecule has 2 amide bonds. The summed E-state index contributed by atoms with van der Waals surface area (Å²) in [4.78, 5) is 25.9. The molecule has 0 radical (unpaired) electrons. The number of benzene rings is 2. The minimum atomic E-state index is -0.622. The first-order chi connectivity index (χ1) is 11.1. The zero-order chi connectivity index (χ0) is 16.4. The molecule has 0 bridgehead atoms. The molecule has 3 N–H and O–H groups in total. The molecule has 0 spiro atoms. The highest BCUT2D eigenvalue weighted by Gasteiger charge is 2.33. The van der Waals surface area contributed by atoms with Crippen LogP contribution < -0.4 is 16.0 Å². The number of nitrogens with one attached hydrogen (secondary N) is 1. The molecule has 2 aromatic carbocycles. The van der Waals surface area contributed by atoms with Gasteiger partial charge in [0.25, 0.3) is 5.91 Å². The third-order valence-corrected chi connectivity index (χ3v) is 4.18. The van der Waals surface area contributed by atoms with E-state index in [0.717, 1.165) is 5.69 Å². The zero-order valence-electron chi connectivity index (χ0n) is 12.3. The van der Waals surface area contributed by atoms with E-state index in [2.05, 4.69) is 5.32 Å². The van der Waals surface area contributed by atoms with Crippen LogP contribution in [0.1, 0.15) is 16.8 Å². The summed E-state index contributed by atoms with van der Waals surface area (Å²) in [6.45, 7) is 0.618. The molecule has 1 heterocycles. The molecule has 1 saturated heterocycles. The summed E-state index contributed by atoms with van der Waals surface area (Å²) in [6.07, 6.45) is 0.637. The second-order valence-corrected chi connectivity index (χ2v) is 5.74. The largest absolute Gasteiger partial charge is 0.373 e. The lowest BCUT2D eigenvalue weighted by molar-refractivity contribution is -0.117. The first-order valence-electron chi connectivity index (χ1n) is 7.29. The van der Waals surface area contributed by atoms with E-state index in [1.807, 2.05) is 30.3 Å².